The number of carbonyl (C=O) groups excluding carboxylic acids is 2. The number of hydrogen-bond acceptors (Lipinski definition) is 5. The van der Waals surface area contributed by atoms with Gasteiger partial charge in [0.2, 0.25) is 0 Å². The number of esters is 1. The zero-order chi connectivity index (χ0) is 27.9. The molecular weight excluding hydrogens is 523 g/mol. The van der Waals surface area contributed by atoms with Gasteiger partial charge in [-0.15, -0.1) is 0 Å². The van der Waals surface area contributed by atoms with Gasteiger partial charge in [0.1, 0.15) is 11.5 Å². The van der Waals surface area contributed by atoms with Gasteiger partial charge in [-0.1, -0.05) is 35.9 Å². The van der Waals surface area contributed by atoms with Crippen molar-refractivity contribution in [3.8, 4) is 22.6 Å². The van der Waals surface area contributed by atoms with E-state index >= 15 is 0 Å². The maximum Gasteiger partial charge on any atom is 0.416 e. The van der Waals surface area contributed by atoms with E-state index in [1.54, 1.807) is 53.4 Å². The second kappa shape index (κ2) is 12.7. The number of carbonyl (C=O) groups is 2. The van der Waals surface area contributed by atoms with Crippen LogP contribution >= 0.6 is 11.6 Å². The van der Waals surface area contributed by atoms with Crippen LogP contribution in [0.3, 0.4) is 0 Å². The summed E-state index contributed by atoms with van der Waals surface area (Å²) in [5, 5.41) is 0.545. The molecule has 202 valence electrons. The first-order chi connectivity index (χ1) is 18.1. The molecule has 0 aliphatic carbocycles. The number of alkyl halides is 3. The van der Waals surface area contributed by atoms with Crippen LogP contribution < -0.4 is 9.47 Å². The molecule has 0 radical (unpaired) electrons. The van der Waals surface area contributed by atoms with Crippen LogP contribution in [0, 0.1) is 0 Å². The Bertz CT molecular complexity index is 1280. The third-order valence-corrected chi connectivity index (χ3v) is 6.12. The lowest BCUT2D eigenvalue weighted by molar-refractivity contribution is -0.141. The first-order valence-corrected chi connectivity index (χ1v) is 12.0. The summed E-state index contributed by atoms with van der Waals surface area (Å²) < 4.78 is 56.9. The summed E-state index contributed by atoms with van der Waals surface area (Å²) in [6.45, 7) is 2.15. The summed E-state index contributed by atoms with van der Waals surface area (Å²) >= 11 is 5.88. The molecule has 0 saturated heterocycles. The van der Waals surface area contributed by atoms with Crippen LogP contribution in [0.4, 0.5) is 13.2 Å². The summed E-state index contributed by atoms with van der Waals surface area (Å²) in [4.78, 5) is 26.4. The minimum atomic E-state index is -4.70. The fraction of sp³-hybridized carbons (Fsp3) is 0.286. The van der Waals surface area contributed by atoms with Crippen LogP contribution in [-0.4, -0.2) is 44.1 Å². The standard InChI is InChI=1S/C28H27ClF3NO5/c1-4-33(26(34)17-38-21-11-9-20(29)10-12-21)16-18-7-5-6-8-22(18)23-13-19(14-27(35)37-3)24(28(30,31)32)15-25(23)36-2/h5-13,15H,4,14,16-17H2,1-3H3. The minimum Gasteiger partial charge on any atom is -0.496 e. The second-order valence-electron chi connectivity index (χ2n) is 8.27. The van der Waals surface area contributed by atoms with E-state index in [-0.39, 0.29) is 30.4 Å². The molecule has 0 aliphatic heterocycles. The lowest BCUT2D eigenvalue weighted by Gasteiger charge is -2.24. The number of rotatable bonds is 10. The minimum absolute atomic E-state index is 0.0150. The predicted molar refractivity (Wildman–Crippen MR) is 137 cm³/mol. The third kappa shape index (κ3) is 7.19. The van der Waals surface area contributed by atoms with Gasteiger partial charge in [-0.25, -0.2) is 0 Å². The Hall–Kier alpha value is -3.72. The van der Waals surface area contributed by atoms with Crippen LogP contribution in [0.15, 0.2) is 60.7 Å². The van der Waals surface area contributed by atoms with E-state index < -0.39 is 24.1 Å². The topological polar surface area (TPSA) is 65.1 Å². The molecule has 0 N–H and O–H groups in total. The number of hydrogen-bond donors (Lipinski definition) is 0. The maximum atomic E-state index is 13.8. The monoisotopic (exact) mass is 549 g/mol. The molecule has 0 saturated carbocycles. The van der Waals surface area contributed by atoms with E-state index in [9.17, 15) is 22.8 Å². The fourth-order valence-corrected chi connectivity index (χ4v) is 4.04. The molecule has 1 amide bonds. The van der Waals surface area contributed by atoms with Crippen LogP contribution in [0.2, 0.25) is 5.02 Å². The van der Waals surface area contributed by atoms with Gasteiger partial charge < -0.3 is 19.1 Å². The molecule has 0 fully saturated rings. The van der Waals surface area contributed by atoms with Gasteiger partial charge in [-0.2, -0.15) is 13.2 Å². The number of nitrogens with zero attached hydrogens (tertiary/aromatic N) is 1. The molecule has 0 aliphatic rings. The van der Waals surface area contributed by atoms with E-state index in [1.807, 2.05) is 6.92 Å². The van der Waals surface area contributed by atoms with Crippen molar-refractivity contribution < 1.29 is 37.0 Å². The lowest BCUT2D eigenvalue weighted by atomic mass is 9.93. The molecule has 0 bridgehead atoms. The molecule has 0 atom stereocenters. The number of likely N-dealkylation sites (N-methyl/N-ethyl adjacent to an activating group) is 1. The van der Waals surface area contributed by atoms with Crippen molar-refractivity contribution >= 4 is 23.5 Å². The van der Waals surface area contributed by atoms with Gasteiger partial charge in [0, 0.05) is 23.7 Å². The molecule has 10 heteroatoms. The summed E-state index contributed by atoms with van der Waals surface area (Å²) in [6, 6.07) is 15.8. The highest BCUT2D eigenvalue weighted by molar-refractivity contribution is 6.30. The fourth-order valence-electron chi connectivity index (χ4n) is 3.91. The zero-order valence-electron chi connectivity index (χ0n) is 21.1. The molecule has 0 unspecified atom stereocenters. The Morgan fingerprint density at radius 1 is 0.947 bits per heavy atom. The van der Waals surface area contributed by atoms with Gasteiger partial charge in [0.05, 0.1) is 26.2 Å². The highest BCUT2D eigenvalue weighted by Gasteiger charge is 2.35. The van der Waals surface area contributed by atoms with Crippen molar-refractivity contribution in [3.63, 3.8) is 0 Å². The van der Waals surface area contributed by atoms with E-state index in [4.69, 9.17) is 21.1 Å². The molecule has 0 aromatic heterocycles. The predicted octanol–water partition coefficient (Wildman–Crippen LogP) is 6.18. The van der Waals surface area contributed by atoms with Gasteiger partial charge in [0.15, 0.2) is 6.61 Å². The van der Waals surface area contributed by atoms with Crippen LogP contribution in [-0.2, 0) is 33.5 Å². The van der Waals surface area contributed by atoms with E-state index in [0.29, 0.717) is 34.0 Å². The van der Waals surface area contributed by atoms with E-state index in [0.717, 1.165) is 13.2 Å². The first kappa shape index (κ1) is 28.8. The van der Waals surface area contributed by atoms with Crippen molar-refractivity contribution in [3.05, 3.63) is 82.4 Å². The van der Waals surface area contributed by atoms with Gasteiger partial charge in [0.25, 0.3) is 5.91 Å². The number of ether oxygens (including phenoxy) is 3. The average Bonchev–Trinajstić information content (AvgIpc) is 2.90. The quantitative estimate of drug-likeness (QED) is 0.283. The molecule has 6 nitrogen and oxygen atoms in total. The number of halogens is 4. The Morgan fingerprint density at radius 3 is 2.24 bits per heavy atom. The summed E-state index contributed by atoms with van der Waals surface area (Å²) in [7, 11) is 2.39. The number of methoxy groups -OCH3 is 2. The molecule has 3 rings (SSSR count). The summed E-state index contributed by atoms with van der Waals surface area (Å²) in [6.07, 6.45) is -5.27. The Kier molecular flexibility index (Phi) is 9.63. The summed E-state index contributed by atoms with van der Waals surface area (Å²) in [5.41, 5.74) is 0.377. The Labute approximate surface area is 223 Å². The zero-order valence-corrected chi connectivity index (χ0v) is 21.9. The number of benzene rings is 3. The number of amides is 1. The van der Waals surface area contributed by atoms with Gasteiger partial charge in [-0.05, 0) is 60.0 Å². The third-order valence-electron chi connectivity index (χ3n) is 5.87. The molecule has 0 heterocycles. The smallest absolute Gasteiger partial charge is 0.416 e. The van der Waals surface area contributed by atoms with Crippen LogP contribution in [0.5, 0.6) is 11.5 Å². The first-order valence-electron chi connectivity index (χ1n) is 11.7. The molecule has 3 aromatic carbocycles. The molecule has 38 heavy (non-hydrogen) atoms. The van der Waals surface area contributed by atoms with E-state index in [1.165, 1.54) is 13.2 Å². The van der Waals surface area contributed by atoms with E-state index in [2.05, 4.69) is 4.74 Å². The summed E-state index contributed by atoms with van der Waals surface area (Å²) in [5.74, 6) is -0.600. The van der Waals surface area contributed by atoms with Gasteiger partial charge in [-0.3, -0.25) is 9.59 Å². The molecular formula is C28H27ClF3NO5. The van der Waals surface area contributed by atoms with Crippen molar-refractivity contribution in [2.45, 2.75) is 26.1 Å². The van der Waals surface area contributed by atoms with Crippen molar-refractivity contribution in [2.24, 2.45) is 0 Å². The molecule has 0 spiro atoms. The lowest BCUT2D eigenvalue weighted by Crippen LogP contribution is -2.34. The average molecular weight is 550 g/mol. The SMILES string of the molecule is CCN(Cc1ccccc1-c1cc(CC(=O)OC)c(C(F)(F)F)cc1OC)C(=O)COc1ccc(Cl)cc1. The highest BCUT2D eigenvalue weighted by Crippen LogP contribution is 2.41. The van der Waals surface area contributed by atoms with Crippen molar-refractivity contribution in [1.82, 2.24) is 4.90 Å². The highest BCUT2D eigenvalue weighted by atomic mass is 35.5. The van der Waals surface area contributed by atoms with Crippen LogP contribution in [0.1, 0.15) is 23.6 Å². The molecule has 3 aromatic rings. The van der Waals surface area contributed by atoms with Crippen molar-refractivity contribution in [2.75, 3.05) is 27.4 Å². The Balaban J connectivity index is 1.94. The van der Waals surface area contributed by atoms with Crippen molar-refractivity contribution in [1.29, 1.82) is 0 Å². The van der Waals surface area contributed by atoms with Crippen LogP contribution in [0.25, 0.3) is 11.1 Å². The maximum absolute atomic E-state index is 13.8. The van der Waals surface area contributed by atoms with Gasteiger partial charge >= 0.3 is 12.1 Å². The largest absolute Gasteiger partial charge is 0.496 e. The Morgan fingerprint density at radius 2 is 1.63 bits per heavy atom. The second-order valence-corrected chi connectivity index (χ2v) is 8.70. The normalized spacial score (nSPS) is 11.1.